The first kappa shape index (κ1) is 9.49. The second kappa shape index (κ2) is 3.98. The van der Waals surface area contributed by atoms with Gasteiger partial charge in [-0.25, -0.2) is 0 Å². The van der Waals surface area contributed by atoms with E-state index in [0.29, 0.717) is 6.54 Å². The highest BCUT2D eigenvalue weighted by atomic mass is 79.9. The SMILES string of the molecule is NCc1ccoc1-c1ccc(Br)cc1. The van der Waals surface area contributed by atoms with Gasteiger partial charge in [-0.1, -0.05) is 28.1 Å². The highest BCUT2D eigenvalue weighted by molar-refractivity contribution is 9.10. The molecule has 0 saturated carbocycles. The molecule has 1 heterocycles. The zero-order chi connectivity index (χ0) is 9.97. The van der Waals surface area contributed by atoms with Crippen molar-refractivity contribution in [3.05, 3.63) is 46.6 Å². The maximum atomic E-state index is 5.59. The summed E-state index contributed by atoms with van der Waals surface area (Å²) in [5.41, 5.74) is 7.68. The zero-order valence-corrected chi connectivity index (χ0v) is 9.12. The summed E-state index contributed by atoms with van der Waals surface area (Å²) in [7, 11) is 0. The molecule has 2 aromatic rings. The fraction of sp³-hybridized carbons (Fsp3) is 0.0909. The Kier molecular flexibility index (Phi) is 2.70. The van der Waals surface area contributed by atoms with Crippen molar-refractivity contribution in [2.24, 2.45) is 5.73 Å². The lowest BCUT2D eigenvalue weighted by molar-refractivity contribution is 0.579. The minimum absolute atomic E-state index is 0.502. The predicted octanol–water partition coefficient (Wildman–Crippen LogP) is 3.17. The van der Waals surface area contributed by atoms with Gasteiger partial charge in [-0.05, 0) is 18.2 Å². The highest BCUT2D eigenvalue weighted by Gasteiger charge is 2.06. The number of benzene rings is 1. The van der Waals surface area contributed by atoms with Crippen LogP contribution in [-0.4, -0.2) is 0 Å². The lowest BCUT2D eigenvalue weighted by Gasteiger charge is -2.00. The maximum absolute atomic E-state index is 5.59. The van der Waals surface area contributed by atoms with Crippen LogP contribution in [0.1, 0.15) is 5.56 Å². The molecule has 1 aromatic carbocycles. The molecule has 0 unspecified atom stereocenters. The van der Waals surface area contributed by atoms with Crippen LogP contribution >= 0.6 is 15.9 Å². The Balaban J connectivity index is 2.44. The third-order valence-corrected chi connectivity index (χ3v) is 2.60. The number of nitrogens with two attached hydrogens (primary N) is 1. The van der Waals surface area contributed by atoms with Gasteiger partial charge >= 0.3 is 0 Å². The molecule has 0 fully saturated rings. The molecule has 0 spiro atoms. The second-order valence-electron chi connectivity index (χ2n) is 2.99. The van der Waals surface area contributed by atoms with Gasteiger partial charge in [-0.3, -0.25) is 0 Å². The molecule has 2 nitrogen and oxygen atoms in total. The standard InChI is InChI=1S/C11H10BrNO/c12-10-3-1-8(2-4-10)11-9(7-13)5-6-14-11/h1-6H,7,13H2. The van der Waals surface area contributed by atoms with Crippen molar-refractivity contribution in [2.45, 2.75) is 6.54 Å². The Morgan fingerprint density at radius 1 is 1.14 bits per heavy atom. The largest absolute Gasteiger partial charge is 0.464 e. The van der Waals surface area contributed by atoms with Crippen LogP contribution in [0.5, 0.6) is 0 Å². The Bertz CT molecular complexity index is 419. The normalized spacial score (nSPS) is 10.4. The van der Waals surface area contributed by atoms with Crippen molar-refractivity contribution in [2.75, 3.05) is 0 Å². The van der Waals surface area contributed by atoms with Gasteiger partial charge in [0.25, 0.3) is 0 Å². The molecule has 1 aromatic heterocycles. The molecule has 0 radical (unpaired) electrons. The van der Waals surface area contributed by atoms with Gasteiger partial charge in [0.1, 0.15) is 5.76 Å². The molecule has 0 bridgehead atoms. The third kappa shape index (κ3) is 1.74. The number of rotatable bonds is 2. The minimum atomic E-state index is 0.502. The molecule has 2 rings (SSSR count). The summed E-state index contributed by atoms with van der Waals surface area (Å²) < 4.78 is 6.44. The summed E-state index contributed by atoms with van der Waals surface area (Å²) in [4.78, 5) is 0. The van der Waals surface area contributed by atoms with Gasteiger partial charge in [0.05, 0.1) is 6.26 Å². The molecule has 0 atom stereocenters. The van der Waals surface area contributed by atoms with Crippen LogP contribution < -0.4 is 5.73 Å². The second-order valence-corrected chi connectivity index (χ2v) is 3.90. The monoisotopic (exact) mass is 251 g/mol. The summed E-state index contributed by atoms with van der Waals surface area (Å²) in [5, 5.41) is 0. The molecular weight excluding hydrogens is 242 g/mol. The van der Waals surface area contributed by atoms with Crippen molar-refractivity contribution in [1.82, 2.24) is 0 Å². The molecule has 0 aliphatic carbocycles. The van der Waals surface area contributed by atoms with Crippen LogP contribution in [0, 0.1) is 0 Å². The highest BCUT2D eigenvalue weighted by Crippen LogP contribution is 2.25. The Morgan fingerprint density at radius 3 is 2.50 bits per heavy atom. The predicted molar refractivity (Wildman–Crippen MR) is 59.7 cm³/mol. The van der Waals surface area contributed by atoms with Crippen LogP contribution in [-0.2, 0) is 6.54 Å². The van der Waals surface area contributed by atoms with Gasteiger partial charge < -0.3 is 10.2 Å². The van der Waals surface area contributed by atoms with Crippen LogP contribution in [0.2, 0.25) is 0 Å². The van der Waals surface area contributed by atoms with Crippen molar-refractivity contribution in [1.29, 1.82) is 0 Å². The lowest BCUT2D eigenvalue weighted by Crippen LogP contribution is -1.95. The van der Waals surface area contributed by atoms with Gasteiger partial charge in [-0.15, -0.1) is 0 Å². The van der Waals surface area contributed by atoms with Gasteiger partial charge in [-0.2, -0.15) is 0 Å². The molecule has 0 aliphatic heterocycles. The average molecular weight is 252 g/mol. The van der Waals surface area contributed by atoms with Gasteiger partial charge in [0.15, 0.2) is 0 Å². The first-order valence-corrected chi connectivity index (χ1v) is 5.13. The van der Waals surface area contributed by atoms with E-state index in [1.54, 1.807) is 6.26 Å². The van der Waals surface area contributed by atoms with E-state index >= 15 is 0 Å². The number of halogens is 1. The van der Waals surface area contributed by atoms with Crippen molar-refractivity contribution < 1.29 is 4.42 Å². The summed E-state index contributed by atoms with van der Waals surface area (Å²) in [6.07, 6.45) is 1.67. The smallest absolute Gasteiger partial charge is 0.138 e. The van der Waals surface area contributed by atoms with Crippen LogP contribution in [0.25, 0.3) is 11.3 Å². The fourth-order valence-corrected chi connectivity index (χ4v) is 1.62. The van der Waals surface area contributed by atoms with Crippen molar-refractivity contribution in [3.8, 4) is 11.3 Å². The molecule has 2 N–H and O–H groups in total. The maximum Gasteiger partial charge on any atom is 0.138 e. The quantitative estimate of drug-likeness (QED) is 0.891. The zero-order valence-electron chi connectivity index (χ0n) is 7.53. The van der Waals surface area contributed by atoms with Crippen molar-refractivity contribution >= 4 is 15.9 Å². The van der Waals surface area contributed by atoms with E-state index < -0.39 is 0 Å². The van der Waals surface area contributed by atoms with Gasteiger partial charge in [0, 0.05) is 22.1 Å². The Morgan fingerprint density at radius 2 is 1.86 bits per heavy atom. The van der Waals surface area contributed by atoms with Crippen LogP contribution in [0.3, 0.4) is 0 Å². The Labute approximate surface area is 90.9 Å². The third-order valence-electron chi connectivity index (χ3n) is 2.07. The minimum Gasteiger partial charge on any atom is -0.464 e. The molecule has 0 amide bonds. The molecule has 14 heavy (non-hydrogen) atoms. The van der Waals surface area contributed by atoms with E-state index in [9.17, 15) is 0 Å². The molecule has 72 valence electrons. The summed E-state index contributed by atoms with van der Waals surface area (Å²) in [6, 6.07) is 9.87. The summed E-state index contributed by atoms with van der Waals surface area (Å²) in [5.74, 6) is 0.861. The first-order valence-electron chi connectivity index (χ1n) is 4.33. The van der Waals surface area contributed by atoms with Gasteiger partial charge in [0.2, 0.25) is 0 Å². The van der Waals surface area contributed by atoms with E-state index in [4.69, 9.17) is 10.2 Å². The topological polar surface area (TPSA) is 39.2 Å². The molecular formula is C11H10BrNO. The van der Waals surface area contributed by atoms with Crippen molar-refractivity contribution in [3.63, 3.8) is 0 Å². The van der Waals surface area contributed by atoms with Crippen LogP contribution in [0.15, 0.2) is 45.5 Å². The lowest BCUT2D eigenvalue weighted by atomic mass is 10.1. The number of hydrogen-bond acceptors (Lipinski definition) is 2. The van der Waals surface area contributed by atoms with E-state index in [1.165, 1.54) is 0 Å². The molecule has 0 aliphatic rings. The van der Waals surface area contributed by atoms with E-state index in [2.05, 4.69) is 15.9 Å². The van der Waals surface area contributed by atoms with E-state index in [0.717, 1.165) is 21.4 Å². The van der Waals surface area contributed by atoms with E-state index in [-0.39, 0.29) is 0 Å². The number of furan rings is 1. The first-order chi connectivity index (χ1) is 6.81. The summed E-state index contributed by atoms with van der Waals surface area (Å²) >= 11 is 3.39. The molecule has 3 heteroatoms. The fourth-order valence-electron chi connectivity index (χ4n) is 1.35. The molecule has 0 saturated heterocycles. The van der Waals surface area contributed by atoms with E-state index in [1.807, 2.05) is 30.3 Å². The summed E-state index contributed by atoms with van der Waals surface area (Å²) in [6.45, 7) is 0.502. The average Bonchev–Trinajstić information content (AvgIpc) is 2.67. The Hall–Kier alpha value is -1.06. The number of hydrogen-bond donors (Lipinski definition) is 1. The van der Waals surface area contributed by atoms with Crippen LogP contribution in [0.4, 0.5) is 0 Å².